The van der Waals surface area contributed by atoms with E-state index < -0.39 is 0 Å². The minimum absolute atomic E-state index is 0.0735. The van der Waals surface area contributed by atoms with Crippen molar-refractivity contribution in [2.24, 2.45) is 0 Å². The predicted octanol–water partition coefficient (Wildman–Crippen LogP) is 4.07. The van der Waals surface area contributed by atoms with Crippen LogP contribution >= 0.6 is 15.9 Å². The molecule has 2 aromatic carbocycles. The summed E-state index contributed by atoms with van der Waals surface area (Å²) >= 11 is 3.41. The van der Waals surface area contributed by atoms with Crippen LogP contribution in [-0.4, -0.2) is 18.4 Å². The molecule has 2 amide bonds. The molecule has 0 bridgehead atoms. The minimum Gasteiger partial charge on any atom is -0.326 e. The lowest BCUT2D eigenvalue weighted by atomic mass is 10.1. The third kappa shape index (κ3) is 3.85. The van der Waals surface area contributed by atoms with E-state index >= 15 is 0 Å². The van der Waals surface area contributed by atoms with Crippen molar-refractivity contribution in [3.8, 4) is 0 Å². The van der Waals surface area contributed by atoms with Crippen LogP contribution < -0.4 is 10.2 Å². The average molecular weight is 387 g/mol. The number of carbonyl (C=O) groups is 2. The van der Waals surface area contributed by atoms with Crippen LogP contribution in [0, 0.1) is 6.92 Å². The van der Waals surface area contributed by atoms with Gasteiger partial charge >= 0.3 is 0 Å². The number of rotatable bonds is 4. The van der Waals surface area contributed by atoms with Gasteiger partial charge in [0.2, 0.25) is 11.8 Å². The van der Waals surface area contributed by atoms with Gasteiger partial charge in [0.05, 0.1) is 6.42 Å². The molecular weight excluding hydrogens is 368 g/mol. The van der Waals surface area contributed by atoms with E-state index in [0.717, 1.165) is 39.9 Å². The molecule has 0 unspecified atom stereocenters. The Labute approximate surface area is 150 Å². The average Bonchev–Trinajstić information content (AvgIpc) is 2.95. The first-order chi connectivity index (χ1) is 11.5. The van der Waals surface area contributed by atoms with Gasteiger partial charge in [-0.15, -0.1) is 0 Å². The smallest absolute Gasteiger partial charge is 0.228 e. The Morgan fingerprint density at radius 3 is 2.79 bits per heavy atom. The third-order valence-corrected chi connectivity index (χ3v) is 4.60. The largest absolute Gasteiger partial charge is 0.326 e. The molecule has 0 aromatic heterocycles. The van der Waals surface area contributed by atoms with Crippen LogP contribution in [0.5, 0.6) is 0 Å². The van der Waals surface area contributed by atoms with Gasteiger partial charge in [-0.05, 0) is 48.7 Å². The van der Waals surface area contributed by atoms with E-state index in [4.69, 9.17) is 0 Å². The molecule has 0 radical (unpaired) electrons. The van der Waals surface area contributed by atoms with Crippen LogP contribution in [-0.2, 0) is 16.0 Å². The Kier molecular flexibility index (Phi) is 5.00. The van der Waals surface area contributed by atoms with E-state index in [9.17, 15) is 9.59 Å². The van der Waals surface area contributed by atoms with Crippen molar-refractivity contribution in [1.29, 1.82) is 0 Å². The van der Waals surface area contributed by atoms with E-state index in [-0.39, 0.29) is 11.8 Å². The highest BCUT2D eigenvalue weighted by Crippen LogP contribution is 2.28. The summed E-state index contributed by atoms with van der Waals surface area (Å²) in [7, 11) is 0. The Morgan fingerprint density at radius 1 is 1.25 bits per heavy atom. The van der Waals surface area contributed by atoms with Crippen molar-refractivity contribution in [3.63, 3.8) is 0 Å². The second-order valence-electron chi connectivity index (χ2n) is 6.01. The van der Waals surface area contributed by atoms with Gasteiger partial charge in [-0.1, -0.05) is 34.1 Å². The summed E-state index contributed by atoms with van der Waals surface area (Å²) in [5.41, 5.74) is 3.59. The van der Waals surface area contributed by atoms with Crippen molar-refractivity contribution in [1.82, 2.24) is 0 Å². The molecule has 1 N–H and O–H groups in total. The second-order valence-corrected chi connectivity index (χ2v) is 6.92. The number of nitrogens with zero attached hydrogens (tertiary/aromatic N) is 1. The van der Waals surface area contributed by atoms with E-state index in [2.05, 4.69) is 21.2 Å². The third-order valence-electron chi connectivity index (χ3n) is 4.11. The van der Waals surface area contributed by atoms with Gasteiger partial charge in [0, 0.05) is 28.8 Å². The first-order valence-electron chi connectivity index (χ1n) is 7.98. The van der Waals surface area contributed by atoms with E-state index in [1.807, 2.05) is 49.4 Å². The highest BCUT2D eigenvalue weighted by molar-refractivity contribution is 9.10. The molecule has 124 valence electrons. The summed E-state index contributed by atoms with van der Waals surface area (Å²) in [6.07, 6.45) is 1.79. The molecule has 4 nitrogen and oxygen atoms in total. The van der Waals surface area contributed by atoms with Crippen molar-refractivity contribution in [3.05, 3.63) is 58.1 Å². The number of amides is 2. The fourth-order valence-electron chi connectivity index (χ4n) is 2.92. The standard InChI is InChI=1S/C19H19BrN2O2/c1-13-7-8-16(12-17(13)22-9-3-6-19(22)24)21-18(23)11-14-4-2-5-15(20)10-14/h2,4-5,7-8,10,12H,3,6,9,11H2,1H3,(H,21,23). The van der Waals surface area contributed by atoms with Gasteiger partial charge in [-0.2, -0.15) is 0 Å². The number of hydrogen-bond acceptors (Lipinski definition) is 2. The Balaban J connectivity index is 1.73. The molecule has 1 heterocycles. The molecule has 0 atom stereocenters. The van der Waals surface area contributed by atoms with Crippen molar-refractivity contribution < 1.29 is 9.59 Å². The lowest BCUT2D eigenvalue weighted by Crippen LogP contribution is -2.24. The highest BCUT2D eigenvalue weighted by atomic mass is 79.9. The maximum atomic E-state index is 12.3. The Bertz CT molecular complexity index is 789. The van der Waals surface area contributed by atoms with Gasteiger partial charge in [-0.3, -0.25) is 9.59 Å². The summed E-state index contributed by atoms with van der Waals surface area (Å²) in [6, 6.07) is 13.4. The second kappa shape index (κ2) is 7.18. The van der Waals surface area contributed by atoms with Gasteiger partial charge in [0.25, 0.3) is 0 Å². The SMILES string of the molecule is Cc1ccc(NC(=O)Cc2cccc(Br)c2)cc1N1CCCC1=O. The minimum atomic E-state index is -0.0735. The fourth-order valence-corrected chi connectivity index (χ4v) is 3.36. The van der Waals surface area contributed by atoms with E-state index in [0.29, 0.717) is 12.8 Å². The van der Waals surface area contributed by atoms with Gasteiger partial charge in [0.15, 0.2) is 0 Å². The maximum absolute atomic E-state index is 12.3. The van der Waals surface area contributed by atoms with E-state index in [1.165, 1.54) is 0 Å². The summed E-state index contributed by atoms with van der Waals surface area (Å²) < 4.78 is 0.956. The molecule has 24 heavy (non-hydrogen) atoms. The maximum Gasteiger partial charge on any atom is 0.228 e. The van der Waals surface area contributed by atoms with Gasteiger partial charge < -0.3 is 10.2 Å². The molecule has 0 aliphatic carbocycles. The number of carbonyl (C=O) groups excluding carboxylic acids is 2. The zero-order valence-electron chi connectivity index (χ0n) is 13.5. The molecule has 0 spiro atoms. The highest BCUT2D eigenvalue weighted by Gasteiger charge is 2.23. The molecule has 1 saturated heterocycles. The number of nitrogens with one attached hydrogen (secondary N) is 1. The van der Waals surface area contributed by atoms with Crippen molar-refractivity contribution >= 4 is 39.1 Å². The summed E-state index contributed by atoms with van der Waals surface area (Å²) in [5.74, 6) is 0.0753. The first-order valence-corrected chi connectivity index (χ1v) is 8.77. The molecule has 3 rings (SSSR count). The number of aryl methyl sites for hydroxylation is 1. The quantitative estimate of drug-likeness (QED) is 0.860. The monoisotopic (exact) mass is 386 g/mol. The van der Waals surface area contributed by atoms with E-state index in [1.54, 1.807) is 4.90 Å². The topological polar surface area (TPSA) is 49.4 Å². The van der Waals surface area contributed by atoms with Crippen LogP contribution in [0.4, 0.5) is 11.4 Å². The molecule has 5 heteroatoms. The fraction of sp³-hybridized carbons (Fsp3) is 0.263. The lowest BCUT2D eigenvalue weighted by Gasteiger charge is -2.19. The van der Waals surface area contributed by atoms with Gasteiger partial charge in [0.1, 0.15) is 0 Å². The zero-order valence-corrected chi connectivity index (χ0v) is 15.1. The van der Waals surface area contributed by atoms with Crippen molar-refractivity contribution in [2.75, 3.05) is 16.8 Å². The Hall–Kier alpha value is -2.14. The van der Waals surface area contributed by atoms with Crippen LogP contribution in [0.15, 0.2) is 46.9 Å². The van der Waals surface area contributed by atoms with Crippen LogP contribution in [0.3, 0.4) is 0 Å². The Morgan fingerprint density at radius 2 is 2.08 bits per heavy atom. The predicted molar refractivity (Wildman–Crippen MR) is 99.2 cm³/mol. The number of benzene rings is 2. The summed E-state index contributed by atoms with van der Waals surface area (Å²) in [6.45, 7) is 2.73. The number of halogens is 1. The van der Waals surface area contributed by atoms with Gasteiger partial charge in [-0.25, -0.2) is 0 Å². The molecule has 1 aliphatic heterocycles. The van der Waals surface area contributed by atoms with Crippen molar-refractivity contribution in [2.45, 2.75) is 26.2 Å². The van der Waals surface area contributed by atoms with Crippen LogP contribution in [0.1, 0.15) is 24.0 Å². The first kappa shape index (κ1) is 16.7. The van der Waals surface area contributed by atoms with Crippen LogP contribution in [0.25, 0.3) is 0 Å². The molecule has 2 aromatic rings. The summed E-state index contributed by atoms with van der Waals surface area (Å²) in [5, 5.41) is 2.92. The summed E-state index contributed by atoms with van der Waals surface area (Å²) in [4.78, 5) is 26.0. The lowest BCUT2D eigenvalue weighted by molar-refractivity contribution is -0.117. The molecule has 0 saturated carbocycles. The molecule has 1 fully saturated rings. The molecule has 1 aliphatic rings. The normalized spacial score (nSPS) is 14.1. The molecular formula is C19H19BrN2O2. The number of anilines is 2. The zero-order chi connectivity index (χ0) is 17.1. The van der Waals surface area contributed by atoms with Crippen LogP contribution in [0.2, 0.25) is 0 Å². The number of hydrogen-bond donors (Lipinski definition) is 1.